The van der Waals surface area contributed by atoms with Gasteiger partial charge in [0.15, 0.2) is 0 Å². The van der Waals surface area contributed by atoms with Gasteiger partial charge in [-0.25, -0.2) is 14.0 Å². The van der Waals surface area contributed by atoms with Crippen molar-refractivity contribution in [2.24, 2.45) is 0 Å². The van der Waals surface area contributed by atoms with Gasteiger partial charge in [0.05, 0.1) is 11.8 Å². The Balaban J connectivity index is 2.13. The van der Waals surface area contributed by atoms with Gasteiger partial charge in [-0.3, -0.25) is 0 Å². The fourth-order valence-electron chi connectivity index (χ4n) is 2.05. The lowest BCUT2D eigenvalue weighted by molar-refractivity contribution is -0.141. The second-order valence-corrected chi connectivity index (χ2v) is 4.89. The highest BCUT2D eigenvalue weighted by Crippen LogP contribution is 2.22. The SMILES string of the molecule is O=C(O)[C@@H]1CC(O)CN1C(=O)Nc1ccc(Cl)cc1F. The zero-order chi connectivity index (χ0) is 14.9. The van der Waals surface area contributed by atoms with Crippen LogP contribution in [-0.2, 0) is 4.79 Å². The maximum Gasteiger partial charge on any atom is 0.326 e. The molecule has 1 saturated heterocycles. The smallest absolute Gasteiger partial charge is 0.326 e. The third-order valence-electron chi connectivity index (χ3n) is 3.00. The van der Waals surface area contributed by atoms with Crippen LogP contribution in [0.4, 0.5) is 14.9 Å². The number of amides is 2. The van der Waals surface area contributed by atoms with Crippen LogP contribution in [0.25, 0.3) is 0 Å². The van der Waals surface area contributed by atoms with Crippen molar-refractivity contribution < 1.29 is 24.2 Å². The molecule has 1 aromatic carbocycles. The molecule has 1 heterocycles. The summed E-state index contributed by atoms with van der Waals surface area (Å²) in [6.45, 7) is -0.113. The summed E-state index contributed by atoms with van der Waals surface area (Å²) < 4.78 is 13.5. The lowest BCUT2D eigenvalue weighted by Crippen LogP contribution is -2.43. The standard InChI is InChI=1S/C12H12ClFN2O4/c13-6-1-2-9(8(14)3-6)15-12(20)16-5-7(17)4-10(16)11(18)19/h1-3,7,10,17H,4-5H2,(H,15,20)(H,18,19)/t7?,10-/m0/s1. The Hall–Kier alpha value is -1.86. The molecule has 3 N–H and O–H groups in total. The first-order valence-corrected chi connectivity index (χ1v) is 6.20. The van der Waals surface area contributed by atoms with Crippen molar-refractivity contribution in [2.45, 2.75) is 18.6 Å². The van der Waals surface area contributed by atoms with Gasteiger partial charge in [-0.2, -0.15) is 0 Å². The van der Waals surface area contributed by atoms with E-state index in [9.17, 15) is 19.1 Å². The molecule has 1 fully saturated rings. The number of nitrogens with one attached hydrogen (secondary N) is 1. The highest BCUT2D eigenvalue weighted by atomic mass is 35.5. The molecule has 108 valence electrons. The summed E-state index contributed by atoms with van der Waals surface area (Å²) in [4.78, 5) is 23.9. The topological polar surface area (TPSA) is 89.9 Å². The van der Waals surface area contributed by atoms with Crippen LogP contribution in [0.2, 0.25) is 5.02 Å². The van der Waals surface area contributed by atoms with Gasteiger partial charge in [0.25, 0.3) is 0 Å². The number of halogens is 2. The first-order valence-electron chi connectivity index (χ1n) is 5.82. The number of anilines is 1. The number of likely N-dealkylation sites (tertiary alicyclic amines) is 1. The molecule has 2 amide bonds. The van der Waals surface area contributed by atoms with E-state index < -0.39 is 30.0 Å². The summed E-state index contributed by atoms with van der Waals surface area (Å²) >= 11 is 5.59. The maximum atomic E-state index is 13.5. The lowest BCUT2D eigenvalue weighted by atomic mass is 10.2. The molecule has 1 aliphatic heterocycles. The van der Waals surface area contributed by atoms with E-state index in [2.05, 4.69) is 5.32 Å². The molecule has 0 aliphatic carbocycles. The number of aliphatic carboxylic acids is 1. The van der Waals surface area contributed by atoms with Crippen molar-refractivity contribution in [1.29, 1.82) is 0 Å². The molecule has 0 bridgehead atoms. The van der Waals surface area contributed by atoms with Crippen LogP contribution in [0.15, 0.2) is 18.2 Å². The fraction of sp³-hybridized carbons (Fsp3) is 0.333. The van der Waals surface area contributed by atoms with Crippen molar-refractivity contribution >= 4 is 29.3 Å². The number of urea groups is 1. The number of β-amino-alcohol motifs (C(OH)–C–C–N with tert-alkyl or cyclic N) is 1. The number of aliphatic hydroxyl groups is 1. The minimum Gasteiger partial charge on any atom is -0.480 e. The zero-order valence-corrected chi connectivity index (χ0v) is 11.0. The number of carbonyl (C=O) groups excluding carboxylic acids is 1. The van der Waals surface area contributed by atoms with Crippen LogP contribution in [0.3, 0.4) is 0 Å². The minimum atomic E-state index is -1.21. The molecule has 0 spiro atoms. The second kappa shape index (κ2) is 5.64. The molecular weight excluding hydrogens is 291 g/mol. The molecule has 0 radical (unpaired) electrons. The van der Waals surface area contributed by atoms with Crippen LogP contribution >= 0.6 is 11.6 Å². The third-order valence-corrected chi connectivity index (χ3v) is 3.23. The van der Waals surface area contributed by atoms with E-state index in [-0.39, 0.29) is 23.7 Å². The van der Waals surface area contributed by atoms with Crippen LogP contribution in [0, 0.1) is 5.82 Å². The minimum absolute atomic E-state index is 0.0497. The van der Waals surface area contributed by atoms with Crippen LogP contribution in [0.5, 0.6) is 0 Å². The van der Waals surface area contributed by atoms with E-state index in [1.807, 2.05) is 0 Å². The number of nitrogens with zero attached hydrogens (tertiary/aromatic N) is 1. The Morgan fingerprint density at radius 1 is 1.45 bits per heavy atom. The van der Waals surface area contributed by atoms with Gasteiger partial charge in [0.1, 0.15) is 11.9 Å². The molecule has 20 heavy (non-hydrogen) atoms. The number of carboxylic acid groups (broad SMARTS) is 1. The van der Waals surface area contributed by atoms with Crippen molar-refractivity contribution in [3.8, 4) is 0 Å². The van der Waals surface area contributed by atoms with E-state index >= 15 is 0 Å². The quantitative estimate of drug-likeness (QED) is 0.773. The molecule has 2 atom stereocenters. The van der Waals surface area contributed by atoms with Gasteiger partial charge >= 0.3 is 12.0 Å². The average Bonchev–Trinajstić information content (AvgIpc) is 2.75. The Morgan fingerprint density at radius 3 is 2.75 bits per heavy atom. The first-order chi connectivity index (χ1) is 9.38. The largest absolute Gasteiger partial charge is 0.480 e. The van der Waals surface area contributed by atoms with Crippen LogP contribution in [0.1, 0.15) is 6.42 Å². The molecule has 1 aromatic rings. The number of carbonyl (C=O) groups is 2. The first kappa shape index (κ1) is 14.5. The lowest BCUT2D eigenvalue weighted by Gasteiger charge is -2.21. The molecule has 6 nitrogen and oxygen atoms in total. The monoisotopic (exact) mass is 302 g/mol. The highest BCUT2D eigenvalue weighted by Gasteiger charge is 2.39. The van der Waals surface area contributed by atoms with Crippen LogP contribution < -0.4 is 5.32 Å². The summed E-state index contributed by atoms with van der Waals surface area (Å²) in [5.41, 5.74) is -0.107. The van der Waals surface area contributed by atoms with Gasteiger partial charge in [-0.05, 0) is 18.2 Å². The second-order valence-electron chi connectivity index (χ2n) is 4.45. The number of benzene rings is 1. The number of carboxylic acids is 1. The van der Waals surface area contributed by atoms with Crippen molar-refractivity contribution in [1.82, 2.24) is 4.90 Å². The van der Waals surface area contributed by atoms with E-state index in [0.717, 1.165) is 11.0 Å². The summed E-state index contributed by atoms with van der Waals surface area (Å²) in [5, 5.41) is 20.9. The normalized spacial score (nSPS) is 21.9. The Morgan fingerprint density at radius 2 is 2.15 bits per heavy atom. The van der Waals surface area contributed by atoms with Crippen molar-refractivity contribution in [3.05, 3.63) is 29.0 Å². The summed E-state index contributed by atoms with van der Waals surface area (Å²) in [6.07, 6.45) is -0.955. The Kier molecular flexibility index (Phi) is 4.10. The Labute approximate surface area is 118 Å². The summed E-state index contributed by atoms with van der Waals surface area (Å²) in [6, 6.07) is 1.80. The molecule has 0 saturated carbocycles. The number of hydrogen-bond acceptors (Lipinski definition) is 3. The highest BCUT2D eigenvalue weighted by molar-refractivity contribution is 6.30. The molecule has 1 unspecified atom stereocenters. The summed E-state index contributed by atoms with van der Waals surface area (Å²) in [7, 11) is 0. The van der Waals surface area contributed by atoms with Crippen molar-refractivity contribution in [2.75, 3.05) is 11.9 Å². The molecule has 8 heteroatoms. The Bertz CT molecular complexity index is 554. The van der Waals surface area contributed by atoms with Gasteiger partial charge in [0.2, 0.25) is 0 Å². The predicted octanol–water partition coefficient (Wildman–Crippen LogP) is 1.53. The van der Waals surface area contributed by atoms with E-state index in [4.69, 9.17) is 16.7 Å². The van der Waals surface area contributed by atoms with Gasteiger partial charge in [-0.15, -0.1) is 0 Å². The van der Waals surface area contributed by atoms with Crippen molar-refractivity contribution in [3.63, 3.8) is 0 Å². The van der Waals surface area contributed by atoms with Crippen LogP contribution in [-0.4, -0.2) is 45.8 Å². The predicted molar refractivity (Wildman–Crippen MR) is 69.2 cm³/mol. The van der Waals surface area contributed by atoms with E-state index in [0.29, 0.717) is 0 Å². The number of hydrogen-bond donors (Lipinski definition) is 3. The zero-order valence-electron chi connectivity index (χ0n) is 10.2. The molecule has 1 aliphatic rings. The van der Waals surface area contributed by atoms with E-state index in [1.54, 1.807) is 0 Å². The maximum absolute atomic E-state index is 13.5. The third kappa shape index (κ3) is 3.00. The molecule has 0 aromatic heterocycles. The number of aliphatic hydroxyl groups excluding tert-OH is 1. The molecule has 2 rings (SSSR count). The van der Waals surface area contributed by atoms with E-state index in [1.165, 1.54) is 12.1 Å². The summed E-state index contributed by atoms with van der Waals surface area (Å²) in [5.74, 6) is -1.94. The number of rotatable bonds is 2. The average molecular weight is 303 g/mol. The molecular formula is C12H12ClFN2O4. The van der Waals surface area contributed by atoms with Gasteiger partial charge in [0, 0.05) is 18.0 Å². The fourth-order valence-corrected chi connectivity index (χ4v) is 2.21. The van der Waals surface area contributed by atoms with Gasteiger partial charge < -0.3 is 20.4 Å². The van der Waals surface area contributed by atoms with Gasteiger partial charge in [-0.1, -0.05) is 11.6 Å².